The number of rotatable bonds is 0. The standard InChI is InChI=1S/C7H6N2O3/c1-9-3-4-5(2-6(9)10)12-8-7(4)11/h2-3H,1H3,(H,8,11). The Kier molecular flexibility index (Phi) is 1.21. The summed E-state index contributed by atoms with van der Waals surface area (Å²) in [5.74, 6) is 0. The summed E-state index contributed by atoms with van der Waals surface area (Å²) in [6.07, 6.45) is 1.44. The van der Waals surface area contributed by atoms with Gasteiger partial charge in [-0.3, -0.25) is 9.59 Å². The summed E-state index contributed by atoms with van der Waals surface area (Å²) in [6.45, 7) is 0. The Bertz CT molecular complexity index is 531. The van der Waals surface area contributed by atoms with Crippen LogP contribution in [0.3, 0.4) is 0 Å². The van der Waals surface area contributed by atoms with Crippen LogP contribution in [0, 0.1) is 0 Å². The molecule has 5 nitrogen and oxygen atoms in total. The summed E-state index contributed by atoms with van der Waals surface area (Å²) >= 11 is 0. The lowest BCUT2D eigenvalue weighted by Gasteiger charge is -1.91. The molecule has 2 aromatic rings. The summed E-state index contributed by atoms with van der Waals surface area (Å²) in [7, 11) is 1.58. The van der Waals surface area contributed by atoms with Gasteiger partial charge in [-0.2, -0.15) is 5.16 Å². The quantitative estimate of drug-likeness (QED) is 0.590. The molecule has 0 fully saturated rings. The van der Waals surface area contributed by atoms with E-state index in [1.807, 2.05) is 0 Å². The van der Waals surface area contributed by atoms with Crippen LogP contribution in [0.2, 0.25) is 0 Å². The summed E-state index contributed by atoms with van der Waals surface area (Å²) in [4.78, 5) is 22.0. The second-order valence-corrected chi connectivity index (χ2v) is 2.53. The number of nitrogens with one attached hydrogen (secondary N) is 1. The van der Waals surface area contributed by atoms with Gasteiger partial charge in [-0.1, -0.05) is 0 Å². The van der Waals surface area contributed by atoms with Crippen molar-refractivity contribution in [1.29, 1.82) is 0 Å². The average molecular weight is 166 g/mol. The number of pyridine rings is 1. The normalized spacial score (nSPS) is 10.8. The van der Waals surface area contributed by atoms with Crippen LogP contribution in [0.25, 0.3) is 11.0 Å². The third-order valence-corrected chi connectivity index (χ3v) is 1.69. The molecule has 5 heteroatoms. The minimum Gasteiger partial charge on any atom is -0.378 e. The van der Waals surface area contributed by atoms with E-state index >= 15 is 0 Å². The number of H-pyrrole nitrogens is 1. The first-order chi connectivity index (χ1) is 5.68. The Hall–Kier alpha value is -1.78. The third kappa shape index (κ3) is 0.795. The SMILES string of the molecule is Cn1cc2c(=O)[nH]oc2cc1=O. The monoisotopic (exact) mass is 166 g/mol. The molecule has 0 aromatic carbocycles. The molecule has 0 aliphatic carbocycles. The van der Waals surface area contributed by atoms with Crippen LogP contribution in [0.4, 0.5) is 0 Å². The lowest BCUT2D eigenvalue weighted by Crippen LogP contribution is -2.14. The van der Waals surface area contributed by atoms with E-state index in [1.165, 1.54) is 16.8 Å². The van der Waals surface area contributed by atoms with Crippen molar-refractivity contribution in [3.05, 3.63) is 33.0 Å². The third-order valence-electron chi connectivity index (χ3n) is 1.69. The molecule has 0 radical (unpaired) electrons. The van der Waals surface area contributed by atoms with Gasteiger partial charge in [-0.25, -0.2) is 0 Å². The highest BCUT2D eigenvalue weighted by Crippen LogP contribution is 2.02. The van der Waals surface area contributed by atoms with E-state index in [0.717, 1.165) is 0 Å². The van der Waals surface area contributed by atoms with Gasteiger partial charge in [0, 0.05) is 19.3 Å². The molecule has 0 saturated carbocycles. The fourth-order valence-corrected chi connectivity index (χ4v) is 1.02. The lowest BCUT2D eigenvalue weighted by atomic mass is 10.3. The Morgan fingerprint density at radius 2 is 2.25 bits per heavy atom. The molecule has 0 aliphatic rings. The number of fused-ring (bicyclic) bond motifs is 1. The van der Waals surface area contributed by atoms with Gasteiger partial charge in [0.25, 0.3) is 11.1 Å². The highest BCUT2D eigenvalue weighted by molar-refractivity contribution is 5.73. The van der Waals surface area contributed by atoms with E-state index in [-0.39, 0.29) is 11.1 Å². The fourth-order valence-electron chi connectivity index (χ4n) is 1.02. The molecule has 2 aromatic heterocycles. The van der Waals surface area contributed by atoms with Crippen LogP contribution in [0.15, 0.2) is 26.4 Å². The molecule has 0 atom stereocenters. The minimum absolute atomic E-state index is 0.203. The van der Waals surface area contributed by atoms with Gasteiger partial charge in [-0.05, 0) is 0 Å². The maximum Gasteiger partial charge on any atom is 0.289 e. The maximum atomic E-state index is 11.0. The van der Waals surface area contributed by atoms with E-state index in [1.54, 1.807) is 7.05 Å². The summed E-state index contributed by atoms with van der Waals surface area (Å²) in [5, 5.41) is 2.53. The van der Waals surface area contributed by atoms with Crippen LogP contribution in [0.1, 0.15) is 0 Å². The smallest absolute Gasteiger partial charge is 0.289 e. The van der Waals surface area contributed by atoms with Crippen LogP contribution in [-0.2, 0) is 7.05 Å². The van der Waals surface area contributed by atoms with E-state index in [4.69, 9.17) is 4.52 Å². The Morgan fingerprint density at radius 3 is 3.00 bits per heavy atom. The largest absolute Gasteiger partial charge is 0.378 e. The number of hydrogen-bond donors (Lipinski definition) is 1. The molecule has 0 saturated heterocycles. The van der Waals surface area contributed by atoms with Gasteiger partial charge in [0.05, 0.1) is 0 Å². The van der Waals surface area contributed by atoms with Gasteiger partial charge in [0.2, 0.25) is 0 Å². The second-order valence-electron chi connectivity index (χ2n) is 2.53. The number of aromatic nitrogens is 2. The van der Waals surface area contributed by atoms with E-state index in [0.29, 0.717) is 11.0 Å². The van der Waals surface area contributed by atoms with Crippen LogP contribution in [0.5, 0.6) is 0 Å². The van der Waals surface area contributed by atoms with Crippen molar-refractivity contribution >= 4 is 11.0 Å². The van der Waals surface area contributed by atoms with Crippen LogP contribution < -0.4 is 11.1 Å². The molecule has 0 aliphatic heterocycles. The fraction of sp³-hybridized carbons (Fsp3) is 0.143. The molecule has 2 heterocycles. The predicted molar refractivity (Wildman–Crippen MR) is 42.1 cm³/mol. The van der Waals surface area contributed by atoms with Crippen molar-refractivity contribution in [3.63, 3.8) is 0 Å². The minimum atomic E-state index is -0.319. The Morgan fingerprint density at radius 1 is 1.50 bits per heavy atom. The Balaban J connectivity index is 3.07. The lowest BCUT2D eigenvalue weighted by molar-refractivity contribution is 0.448. The summed E-state index contributed by atoms with van der Waals surface area (Å²) < 4.78 is 6.06. The Labute approximate surface area is 66.2 Å². The highest BCUT2D eigenvalue weighted by atomic mass is 16.5. The average Bonchev–Trinajstić information content (AvgIpc) is 2.35. The van der Waals surface area contributed by atoms with Gasteiger partial charge >= 0.3 is 0 Å². The number of aromatic amines is 1. The molecule has 1 N–H and O–H groups in total. The molecule has 62 valence electrons. The van der Waals surface area contributed by atoms with Crippen molar-refractivity contribution in [2.75, 3.05) is 0 Å². The summed E-state index contributed by atoms with van der Waals surface area (Å²) in [5.41, 5.74) is -0.228. The van der Waals surface area contributed by atoms with Gasteiger partial charge in [-0.15, -0.1) is 0 Å². The molecule has 2 rings (SSSR count). The second kappa shape index (κ2) is 2.10. The molecular formula is C7H6N2O3. The van der Waals surface area contributed by atoms with Crippen molar-refractivity contribution < 1.29 is 4.52 Å². The topological polar surface area (TPSA) is 68.0 Å². The number of aryl methyl sites for hydroxylation is 1. The molecule has 12 heavy (non-hydrogen) atoms. The van der Waals surface area contributed by atoms with Gasteiger partial charge in [0.1, 0.15) is 5.39 Å². The number of hydrogen-bond acceptors (Lipinski definition) is 3. The molecule has 0 amide bonds. The molecule has 0 unspecified atom stereocenters. The van der Waals surface area contributed by atoms with Crippen molar-refractivity contribution in [1.82, 2.24) is 9.72 Å². The zero-order valence-electron chi connectivity index (χ0n) is 6.33. The maximum absolute atomic E-state index is 11.0. The van der Waals surface area contributed by atoms with Crippen LogP contribution >= 0.6 is 0 Å². The van der Waals surface area contributed by atoms with Gasteiger partial charge < -0.3 is 9.09 Å². The first kappa shape index (κ1) is 6.90. The zero-order chi connectivity index (χ0) is 8.72. The van der Waals surface area contributed by atoms with E-state index in [9.17, 15) is 9.59 Å². The van der Waals surface area contributed by atoms with Crippen molar-refractivity contribution in [3.8, 4) is 0 Å². The predicted octanol–water partition coefficient (Wildman–Crippen LogP) is -0.180. The van der Waals surface area contributed by atoms with E-state index < -0.39 is 0 Å². The van der Waals surface area contributed by atoms with E-state index in [2.05, 4.69) is 5.16 Å². The molecular weight excluding hydrogens is 160 g/mol. The van der Waals surface area contributed by atoms with Crippen molar-refractivity contribution in [2.45, 2.75) is 0 Å². The molecule has 0 bridgehead atoms. The van der Waals surface area contributed by atoms with Crippen molar-refractivity contribution in [2.24, 2.45) is 7.05 Å². The zero-order valence-corrected chi connectivity index (χ0v) is 6.33. The van der Waals surface area contributed by atoms with Crippen LogP contribution in [-0.4, -0.2) is 9.72 Å². The highest BCUT2D eigenvalue weighted by Gasteiger charge is 2.03. The first-order valence-electron chi connectivity index (χ1n) is 3.36. The number of nitrogens with zero attached hydrogens (tertiary/aromatic N) is 1. The van der Waals surface area contributed by atoms with Gasteiger partial charge in [0.15, 0.2) is 5.58 Å². The summed E-state index contributed by atoms with van der Waals surface area (Å²) in [6, 6.07) is 1.27. The first-order valence-corrected chi connectivity index (χ1v) is 3.36. The molecule has 0 spiro atoms.